The molecule has 0 aromatic carbocycles. The zero-order valence-electron chi connectivity index (χ0n) is 9.01. The first-order valence-electron chi connectivity index (χ1n) is 4.27. The van der Waals surface area contributed by atoms with E-state index in [2.05, 4.69) is 0 Å². The Labute approximate surface area is 85.5 Å². The molecule has 14 heavy (non-hydrogen) atoms. The predicted octanol–water partition coefficient (Wildman–Crippen LogP) is -1.57. The Morgan fingerprint density at radius 1 is 1.36 bits per heavy atom. The van der Waals surface area contributed by atoms with Crippen LogP contribution in [0.1, 0.15) is 6.92 Å². The average molecular weight is 225 g/mol. The largest absolute Gasteiger partial charge is 0.390 e. The van der Waals surface area contributed by atoms with Crippen molar-refractivity contribution in [1.29, 1.82) is 0 Å². The third-order valence-corrected chi connectivity index (χ3v) is 3.77. The molecule has 0 saturated carbocycles. The van der Waals surface area contributed by atoms with Gasteiger partial charge in [0.1, 0.15) is 0 Å². The fourth-order valence-electron chi connectivity index (χ4n) is 0.803. The van der Waals surface area contributed by atoms with Crippen LogP contribution in [0.5, 0.6) is 0 Å². The molecule has 0 saturated heterocycles. The van der Waals surface area contributed by atoms with Crippen LogP contribution in [0.25, 0.3) is 0 Å². The summed E-state index contributed by atoms with van der Waals surface area (Å²) in [6.07, 6.45) is -0.852. The van der Waals surface area contributed by atoms with Gasteiger partial charge in [-0.1, -0.05) is 0 Å². The van der Waals surface area contributed by atoms with E-state index in [4.69, 9.17) is 5.73 Å². The molecule has 0 aliphatic carbocycles. The average Bonchev–Trinajstić information content (AvgIpc) is 2.03. The van der Waals surface area contributed by atoms with Crippen LogP contribution in [-0.4, -0.2) is 62.0 Å². The van der Waals surface area contributed by atoms with E-state index in [0.29, 0.717) is 0 Å². The molecular weight excluding hydrogens is 206 g/mol. The second-order valence-electron chi connectivity index (χ2n) is 3.50. The summed E-state index contributed by atoms with van der Waals surface area (Å²) >= 11 is 0. The van der Waals surface area contributed by atoms with Crippen LogP contribution in [-0.2, 0) is 10.2 Å². The summed E-state index contributed by atoms with van der Waals surface area (Å²) in [5.41, 5.74) is 5.42. The fraction of sp³-hybridized carbons (Fsp3) is 1.00. The van der Waals surface area contributed by atoms with E-state index in [9.17, 15) is 13.5 Å². The van der Waals surface area contributed by atoms with Crippen LogP contribution >= 0.6 is 0 Å². The van der Waals surface area contributed by atoms with Crippen molar-refractivity contribution in [3.63, 3.8) is 0 Å². The van der Waals surface area contributed by atoms with E-state index in [0.717, 1.165) is 8.61 Å². The highest BCUT2D eigenvalue weighted by Crippen LogP contribution is 2.03. The SMILES string of the molecule is C[C@H](N)C(O)CN(C)S(=O)(=O)N(C)C. The Balaban J connectivity index is 4.43. The van der Waals surface area contributed by atoms with E-state index in [1.165, 1.54) is 21.1 Å². The topological polar surface area (TPSA) is 86.9 Å². The minimum atomic E-state index is -3.45. The van der Waals surface area contributed by atoms with Crippen molar-refractivity contribution in [3.8, 4) is 0 Å². The molecule has 0 aromatic rings. The van der Waals surface area contributed by atoms with Crippen LogP contribution in [0, 0.1) is 0 Å². The quantitative estimate of drug-likeness (QED) is 0.592. The Hall–Kier alpha value is -0.210. The number of aliphatic hydroxyl groups excluding tert-OH is 1. The van der Waals surface area contributed by atoms with Crippen LogP contribution in [0.3, 0.4) is 0 Å². The molecule has 0 spiro atoms. The fourth-order valence-corrected chi connectivity index (χ4v) is 1.70. The van der Waals surface area contributed by atoms with Crippen LogP contribution < -0.4 is 5.73 Å². The molecule has 0 aliphatic heterocycles. The molecule has 0 fully saturated rings. The van der Waals surface area contributed by atoms with Crippen molar-refractivity contribution in [3.05, 3.63) is 0 Å². The molecule has 1 unspecified atom stereocenters. The first-order chi connectivity index (χ1) is 6.19. The van der Waals surface area contributed by atoms with Crippen LogP contribution in [0.2, 0.25) is 0 Å². The van der Waals surface area contributed by atoms with Crippen molar-refractivity contribution < 1.29 is 13.5 Å². The maximum Gasteiger partial charge on any atom is 0.281 e. The maximum atomic E-state index is 11.5. The minimum Gasteiger partial charge on any atom is -0.390 e. The molecule has 0 bridgehead atoms. The van der Waals surface area contributed by atoms with Gasteiger partial charge in [-0.3, -0.25) is 0 Å². The highest BCUT2D eigenvalue weighted by atomic mass is 32.2. The Bertz CT molecular complexity index is 263. The van der Waals surface area contributed by atoms with Gasteiger partial charge in [-0.2, -0.15) is 17.0 Å². The van der Waals surface area contributed by atoms with Gasteiger partial charge in [0.05, 0.1) is 6.10 Å². The number of rotatable bonds is 5. The number of aliphatic hydroxyl groups is 1. The molecule has 0 aliphatic rings. The Morgan fingerprint density at radius 2 is 1.79 bits per heavy atom. The summed E-state index contributed by atoms with van der Waals surface area (Å²) in [7, 11) is 0.819. The van der Waals surface area contributed by atoms with Gasteiger partial charge in [-0.15, -0.1) is 0 Å². The first kappa shape index (κ1) is 13.8. The van der Waals surface area contributed by atoms with E-state index < -0.39 is 22.4 Å². The van der Waals surface area contributed by atoms with Crippen molar-refractivity contribution in [1.82, 2.24) is 8.61 Å². The molecule has 3 N–H and O–H groups in total. The lowest BCUT2D eigenvalue weighted by Crippen LogP contribution is -2.45. The second-order valence-corrected chi connectivity index (χ2v) is 5.75. The van der Waals surface area contributed by atoms with Gasteiger partial charge in [0, 0.05) is 33.7 Å². The lowest BCUT2D eigenvalue weighted by Gasteiger charge is -2.24. The van der Waals surface area contributed by atoms with Crippen molar-refractivity contribution in [2.24, 2.45) is 5.73 Å². The summed E-state index contributed by atoms with van der Waals surface area (Å²) < 4.78 is 25.1. The monoisotopic (exact) mass is 225 g/mol. The Kier molecular flexibility index (Phi) is 4.96. The smallest absolute Gasteiger partial charge is 0.281 e. The van der Waals surface area contributed by atoms with E-state index in [1.807, 2.05) is 0 Å². The van der Waals surface area contributed by atoms with Gasteiger partial charge in [0.25, 0.3) is 10.2 Å². The van der Waals surface area contributed by atoms with Gasteiger partial charge in [-0.05, 0) is 6.92 Å². The van der Waals surface area contributed by atoms with Gasteiger partial charge in [-0.25, -0.2) is 0 Å². The number of nitrogens with zero attached hydrogens (tertiary/aromatic N) is 2. The zero-order chi connectivity index (χ0) is 11.5. The third kappa shape index (κ3) is 3.50. The summed E-state index contributed by atoms with van der Waals surface area (Å²) in [5, 5.41) is 9.39. The highest BCUT2D eigenvalue weighted by molar-refractivity contribution is 7.86. The molecule has 86 valence electrons. The van der Waals surface area contributed by atoms with Gasteiger partial charge < -0.3 is 10.8 Å². The highest BCUT2D eigenvalue weighted by Gasteiger charge is 2.23. The van der Waals surface area contributed by atoms with E-state index in [-0.39, 0.29) is 6.54 Å². The lowest BCUT2D eigenvalue weighted by atomic mass is 10.2. The van der Waals surface area contributed by atoms with E-state index in [1.54, 1.807) is 6.92 Å². The zero-order valence-corrected chi connectivity index (χ0v) is 9.82. The van der Waals surface area contributed by atoms with E-state index >= 15 is 0 Å². The lowest BCUT2D eigenvalue weighted by molar-refractivity contribution is 0.129. The summed E-state index contributed by atoms with van der Waals surface area (Å²) in [6, 6.07) is -0.449. The molecule has 7 heteroatoms. The first-order valence-corrected chi connectivity index (χ1v) is 5.66. The van der Waals surface area contributed by atoms with Gasteiger partial charge in [0.15, 0.2) is 0 Å². The molecule has 0 heterocycles. The number of nitrogens with two attached hydrogens (primary N) is 1. The molecule has 0 aromatic heterocycles. The summed E-state index contributed by atoms with van der Waals surface area (Å²) in [5.74, 6) is 0. The standard InChI is InChI=1S/C7H19N3O3S/c1-6(8)7(11)5-10(4)14(12,13)9(2)3/h6-7,11H,5,8H2,1-4H3/t6-,7?/m0/s1. The van der Waals surface area contributed by atoms with Crippen LogP contribution in [0.4, 0.5) is 0 Å². The predicted molar refractivity (Wildman–Crippen MR) is 54.9 cm³/mol. The minimum absolute atomic E-state index is 0.00181. The normalized spacial score (nSPS) is 17.4. The molecule has 0 radical (unpaired) electrons. The summed E-state index contributed by atoms with van der Waals surface area (Å²) in [6.45, 7) is 1.62. The molecule has 0 amide bonds. The van der Waals surface area contributed by atoms with Crippen molar-refractivity contribution in [2.45, 2.75) is 19.1 Å². The van der Waals surface area contributed by atoms with Crippen LogP contribution in [0.15, 0.2) is 0 Å². The molecule has 0 rings (SSSR count). The third-order valence-electron chi connectivity index (χ3n) is 1.91. The van der Waals surface area contributed by atoms with Crippen molar-refractivity contribution in [2.75, 3.05) is 27.7 Å². The Morgan fingerprint density at radius 3 is 2.07 bits per heavy atom. The van der Waals surface area contributed by atoms with Crippen molar-refractivity contribution >= 4 is 10.2 Å². The molecule has 2 atom stereocenters. The molecular formula is C7H19N3O3S. The summed E-state index contributed by atoms with van der Waals surface area (Å²) in [4.78, 5) is 0. The molecule has 6 nitrogen and oxygen atoms in total. The number of hydrogen-bond donors (Lipinski definition) is 2. The number of hydrogen-bond acceptors (Lipinski definition) is 4. The maximum absolute atomic E-state index is 11.5. The van der Waals surface area contributed by atoms with Gasteiger partial charge >= 0.3 is 0 Å². The van der Waals surface area contributed by atoms with Gasteiger partial charge in [0.2, 0.25) is 0 Å². The number of likely N-dealkylation sites (N-methyl/N-ethyl adjacent to an activating group) is 1. The second kappa shape index (κ2) is 5.04.